The van der Waals surface area contributed by atoms with Crippen LogP contribution in [0.4, 0.5) is 0 Å². The fourth-order valence-electron chi connectivity index (χ4n) is 5.53. The third kappa shape index (κ3) is 5.92. The maximum Gasteiger partial charge on any atom is 0.231 e. The Kier molecular flexibility index (Phi) is 7.46. The highest BCUT2D eigenvalue weighted by Crippen LogP contribution is 2.41. The van der Waals surface area contributed by atoms with Crippen molar-refractivity contribution >= 4 is 22.2 Å². The Labute approximate surface area is 265 Å². The summed E-state index contributed by atoms with van der Waals surface area (Å²) in [5.74, 6) is 0.164. The summed E-state index contributed by atoms with van der Waals surface area (Å²) in [5, 5.41) is 22.2. The van der Waals surface area contributed by atoms with Crippen molar-refractivity contribution in [2.24, 2.45) is 0 Å². The molecule has 9 nitrogen and oxygen atoms in total. The van der Waals surface area contributed by atoms with Crippen LogP contribution in [0.3, 0.4) is 0 Å². The molecule has 0 saturated heterocycles. The van der Waals surface area contributed by atoms with E-state index in [1.54, 1.807) is 12.4 Å². The zero-order chi connectivity index (χ0) is 31.8. The number of phenols is 2. The number of rotatable bonds is 8. The Morgan fingerprint density at radius 1 is 0.652 bits per heavy atom. The fourth-order valence-corrected chi connectivity index (χ4v) is 5.53. The van der Waals surface area contributed by atoms with Gasteiger partial charge in [0.15, 0.2) is 11.2 Å². The molecule has 0 aliphatic heterocycles. The number of nitrogens with zero attached hydrogens (tertiary/aromatic N) is 5. The summed E-state index contributed by atoms with van der Waals surface area (Å²) in [6.45, 7) is 8.18. The number of phenolic OH excluding ortho intramolecular Hbond substituents is 2. The van der Waals surface area contributed by atoms with Gasteiger partial charge in [0, 0.05) is 32.0 Å². The normalized spacial score (nSPS) is 12.0. The van der Waals surface area contributed by atoms with E-state index in [-0.39, 0.29) is 39.8 Å². The average molecular weight is 612 g/mol. The van der Waals surface area contributed by atoms with Crippen molar-refractivity contribution in [2.75, 3.05) is 0 Å². The molecule has 0 atom stereocenters. The first-order chi connectivity index (χ1) is 22.2. The van der Waals surface area contributed by atoms with Gasteiger partial charge >= 0.3 is 0 Å². The number of hydrogen-bond acceptors (Lipinski definition) is 9. The Hall–Kier alpha value is -5.54. The molecular formula is C37H33N5O4. The lowest BCUT2D eigenvalue weighted by Gasteiger charge is -2.22. The third-order valence-corrected chi connectivity index (χ3v) is 7.95. The van der Waals surface area contributed by atoms with E-state index >= 15 is 0 Å². The minimum Gasteiger partial charge on any atom is -0.507 e. The second kappa shape index (κ2) is 11.8. The fraction of sp³-hybridized carbons (Fsp3) is 0.189. The predicted molar refractivity (Wildman–Crippen MR) is 176 cm³/mol. The number of aromatic nitrogens is 4. The standard InChI is InChI=1S/C37H33N5O4/c1-37(2,3)24-13-14-32-29(17-24)40-35(45-32)27-18-31(44)28(19-30(27)43)36-41-34-23(9-8-12-33(34)46-36)20-42(21-25-10-4-6-15-38-25)22-26-11-5-7-16-39-26/h4-19,43-44H,20-22H2,1-3H3. The summed E-state index contributed by atoms with van der Waals surface area (Å²) in [7, 11) is 0. The molecule has 0 aliphatic rings. The molecule has 4 aromatic heterocycles. The monoisotopic (exact) mass is 611 g/mol. The zero-order valence-corrected chi connectivity index (χ0v) is 25.8. The molecule has 9 heteroatoms. The zero-order valence-electron chi connectivity index (χ0n) is 25.8. The van der Waals surface area contributed by atoms with Gasteiger partial charge in [-0.25, -0.2) is 9.97 Å². The lowest BCUT2D eigenvalue weighted by atomic mass is 9.87. The lowest BCUT2D eigenvalue weighted by Crippen LogP contribution is -2.23. The molecule has 3 aromatic carbocycles. The third-order valence-electron chi connectivity index (χ3n) is 7.95. The Balaban J connectivity index is 1.20. The number of fused-ring (bicyclic) bond motifs is 2. The van der Waals surface area contributed by atoms with Crippen molar-refractivity contribution in [3.8, 4) is 34.4 Å². The van der Waals surface area contributed by atoms with Crippen LogP contribution in [0.1, 0.15) is 43.3 Å². The maximum absolute atomic E-state index is 11.1. The lowest BCUT2D eigenvalue weighted by molar-refractivity contribution is 0.242. The van der Waals surface area contributed by atoms with Crippen LogP contribution in [0.15, 0.2) is 106 Å². The van der Waals surface area contributed by atoms with Gasteiger partial charge in [0.25, 0.3) is 0 Å². The van der Waals surface area contributed by atoms with Crippen LogP contribution in [-0.4, -0.2) is 35.0 Å². The molecule has 0 unspecified atom stereocenters. The molecule has 0 spiro atoms. The van der Waals surface area contributed by atoms with Crippen LogP contribution >= 0.6 is 0 Å². The summed E-state index contributed by atoms with van der Waals surface area (Å²) in [6.07, 6.45) is 3.58. The molecule has 0 fully saturated rings. The Bertz CT molecular complexity index is 2110. The van der Waals surface area contributed by atoms with Gasteiger partial charge in [-0.05, 0) is 71.1 Å². The second-order valence-corrected chi connectivity index (χ2v) is 12.4. The number of hydrogen-bond donors (Lipinski definition) is 2. The summed E-state index contributed by atoms with van der Waals surface area (Å²) in [6, 6.07) is 26.3. The van der Waals surface area contributed by atoms with Gasteiger partial charge in [-0.1, -0.05) is 51.1 Å². The van der Waals surface area contributed by atoms with Crippen LogP contribution in [0.25, 0.3) is 45.1 Å². The van der Waals surface area contributed by atoms with Crippen LogP contribution in [0.5, 0.6) is 11.5 Å². The van der Waals surface area contributed by atoms with E-state index in [4.69, 9.17) is 13.8 Å². The quantitative estimate of drug-likeness (QED) is 0.165. The van der Waals surface area contributed by atoms with Crippen molar-refractivity contribution in [3.63, 3.8) is 0 Å². The summed E-state index contributed by atoms with van der Waals surface area (Å²) in [4.78, 5) is 20.7. The van der Waals surface area contributed by atoms with Gasteiger partial charge in [-0.15, -0.1) is 0 Å². The minimum atomic E-state index is -0.120. The summed E-state index contributed by atoms with van der Waals surface area (Å²) < 4.78 is 12.1. The Morgan fingerprint density at radius 2 is 1.28 bits per heavy atom. The molecule has 7 rings (SSSR count). The molecule has 0 bridgehead atoms. The van der Waals surface area contributed by atoms with Crippen LogP contribution in [0.2, 0.25) is 0 Å². The highest BCUT2D eigenvalue weighted by Gasteiger charge is 2.22. The van der Waals surface area contributed by atoms with Crippen LogP contribution in [-0.2, 0) is 25.0 Å². The van der Waals surface area contributed by atoms with E-state index in [1.807, 2.05) is 72.8 Å². The van der Waals surface area contributed by atoms with E-state index < -0.39 is 0 Å². The molecule has 0 amide bonds. The van der Waals surface area contributed by atoms with Crippen molar-refractivity contribution in [1.29, 1.82) is 0 Å². The van der Waals surface area contributed by atoms with Crippen LogP contribution < -0.4 is 0 Å². The molecule has 0 saturated carbocycles. The van der Waals surface area contributed by atoms with Gasteiger partial charge < -0.3 is 19.0 Å². The first kappa shape index (κ1) is 29.2. The number of benzene rings is 3. The number of aromatic hydroxyl groups is 2. The number of oxazole rings is 2. The van der Waals surface area contributed by atoms with Crippen molar-refractivity contribution in [1.82, 2.24) is 24.8 Å². The molecule has 46 heavy (non-hydrogen) atoms. The van der Waals surface area contributed by atoms with Gasteiger partial charge in [0.05, 0.1) is 22.5 Å². The number of pyridine rings is 2. The van der Waals surface area contributed by atoms with Crippen molar-refractivity contribution in [2.45, 2.75) is 45.8 Å². The maximum atomic E-state index is 11.1. The van der Waals surface area contributed by atoms with Crippen molar-refractivity contribution < 1.29 is 19.0 Å². The largest absolute Gasteiger partial charge is 0.507 e. The first-order valence-corrected chi connectivity index (χ1v) is 15.1. The predicted octanol–water partition coefficient (Wildman–Crippen LogP) is 8.00. The summed E-state index contributed by atoms with van der Waals surface area (Å²) in [5.41, 5.74) is 6.94. The molecule has 7 aromatic rings. The smallest absolute Gasteiger partial charge is 0.231 e. The van der Waals surface area contributed by atoms with Gasteiger partial charge in [0.2, 0.25) is 11.8 Å². The highest BCUT2D eigenvalue weighted by atomic mass is 16.4. The van der Waals surface area contributed by atoms with E-state index in [0.29, 0.717) is 41.8 Å². The average Bonchev–Trinajstić information content (AvgIpc) is 3.67. The van der Waals surface area contributed by atoms with Crippen molar-refractivity contribution in [3.05, 3.63) is 120 Å². The molecule has 0 aliphatic carbocycles. The highest BCUT2D eigenvalue weighted by molar-refractivity contribution is 5.83. The SMILES string of the molecule is CC(C)(C)c1ccc2oc(-c3cc(O)c(-c4nc5c(CN(Cc6ccccn6)Cc6ccccn6)cccc5o4)cc3O)nc2c1. The molecule has 230 valence electrons. The molecule has 4 heterocycles. The molecule has 2 N–H and O–H groups in total. The van der Waals surface area contributed by atoms with Gasteiger partial charge in [0.1, 0.15) is 22.5 Å². The van der Waals surface area contributed by atoms with Gasteiger partial charge in [-0.2, -0.15) is 0 Å². The Morgan fingerprint density at radius 3 is 1.89 bits per heavy atom. The minimum absolute atomic E-state index is 0.0503. The van der Waals surface area contributed by atoms with Crippen LogP contribution in [0, 0.1) is 0 Å². The summed E-state index contributed by atoms with van der Waals surface area (Å²) >= 11 is 0. The van der Waals surface area contributed by atoms with E-state index in [0.717, 1.165) is 22.5 Å². The van der Waals surface area contributed by atoms with E-state index in [9.17, 15) is 10.2 Å². The molecular weight excluding hydrogens is 578 g/mol. The van der Waals surface area contributed by atoms with E-state index in [2.05, 4.69) is 40.6 Å². The first-order valence-electron chi connectivity index (χ1n) is 15.1. The van der Waals surface area contributed by atoms with E-state index in [1.165, 1.54) is 12.1 Å². The second-order valence-electron chi connectivity index (χ2n) is 12.4. The molecule has 0 radical (unpaired) electrons. The van der Waals surface area contributed by atoms with Gasteiger partial charge in [-0.3, -0.25) is 14.9 Å². The topological polar surface area (TPSA) is 122 Å². The number of para-hydroxylation sites is 1.